The molecule has 3 N–H and O–H groups in total. The van der Waals surface area contributed by atoms with Crippen LogP contribution in [-0.4, -0.2) is 17.1 Å². The maximum Gasteiger partial charge on any atom is 0.324 e. The van der Waals surface area contributed by atoms with Gasteiger partial charge in [0.05, 0.1) is 0 Å². The molecule has 0 heterocycles. The number of carbonyl (C=O) groups is 1. The van der Waals surface area contributed by atoms with Crippen LogP contribution < -0.4 is 5.73 Å². The summed E-state index contributed by atoms with van der Waals surface area (Å²) in [6.45, 7) is 0. The minimum atomic E-state index is -0.918. The van der Waals surface area contributed by atoms with Crippen LogP contribution in [0.1, 0.15) is 25.7 Å². The highest BCUT2D eigenvalue weighted by molar-refractivity contribution is 5.77. The van der Waals surface area contributed by atoms with Gasteiger partial charge in [-0.15, -0.1) is 0 Å². The summed E-state index contributed by atoms with van der Waals surface area (Å²) < 4.78 is 0. The quantitative estimate of drug-likeness (QED) is 0.582. The molecule has 1 aliphatic rings. The van der Waals surface area contributed by atoms with E-state index in [1.165, 1.54) is 0 Å². The van der Waals surface area contributed by atoms with Gasteiger partial charge in [-0.1, -0.05) is 6.08 Å². The van der Waals surface area contributed by atoms with Crippen molar-refractivity contribution in [1.82, 2.24) is 0 Å². The SMILES string of the molecule is N[C@@H](C(=O)O)C1=CCCCC1. The molecule has 11 heavy (non-hydrogen) atoms. The minimum absolute atomic E-state index is 0.768. The van der Waals surface area contributed by atoms with Crippen LogP contribution in [0.4, 0.5) is 0 Å². The molecular formula is C8H13NO2. The lowest BCUT2D eigenvalue weighted by Gasteiger charge is -2.15. The van der Waals surface area contributed by atoms with Crippen molar-refractivity contribution < 1.29 is 9.90 Å². The van der Waals surface area contributed by atoms with Crippen molar-refractivity contribution in [3.05, 3.63) is 11.6 Å². The van der Waals surface area contributed by atoms with Gasteiger partial charge in [0.1, 0.15) is 6.04 Å². The van der Waals surface area contributed by atoms with Gasteiger partial charge in [0, 0.05) is 0 Å². The normalized spacial score (nSPS) is 20.6. The lowest BCUT2D eigenvalue weighted by molar-refractivity contribution is -0.137. The predicted molar refractivity (Wildman–Crippen MR) is 42.2 cm³/mol. The molecule has 0 bridgehead atoms. The van der Waals surface area contributed by atoms with Crippen molar-refractivity contribution >= 4 is 5.97 Å². The zero-order chi connectivity index (χ0) is 8.27. The Morgan fingerprint density at radius 2 is 2.36 bits per heavy atom. The van der Waals surface area contributed by atoms with E-state index >= 15 is 0 Å². The second-order valence-electron chi connectivity index (χ2n) is 2.84. The zero-order valence-corrected chi connectivity index (χ0v) is 6.42. The summed E-state index contributed by atoms with van der Waals surface area (Å²) in [5.41, 5.74) is 6.32. The minimum Gasteiger partial charge on any atom is -0.480 e. The fourth-order valence-electron chi connectivity index (χ4n) is 1.30. The maximum absolute atomic E-state index is 10.4. The van der Waals surface area contributed by atoms with Crippen LogP contribution in [0.2, 0.25) is 0 Å². The van der Waals surface area contributed by atoms with E-state index in [1.807, 2.05) is 6.08 Å². The number of carboxylic acid groups (broad SMARTS) is 1. The van der Waals surface area contributed by atoms with Gasteiger partial charge < -0.3 is 10.8 Å². The number of hydrogen-bond acceptors (Lipinski definition) is 2. The van der Waals surface area contributed by atoms with Crippen LogP contribution in [-0.2, 0) is 4.79 Å². The van der Waals surface area contributed by atoms with E-state index in [0.29, 0.717) is 0 Å². The largest absolute Gasteiger partial charge is 0.480 e. The number of aliphatic carboxylic acids is 1. The Morgan fingerprint density at radius 1 is 1.64 bits per heavy atom. The van der Waals surface area contributed by atoms with Crippen molar-refractivity contribution in [3.63, 3.8) is 0 Å². The number of allylic oxidation sites excluding steroid dienone is 1. The van der Waals surface area contributed by atoms with Gasteiger partial charge in [0.25, 0.3) is 0 Å². The highest BCUT2D eigenvalue weighted by atomic mass is 16.4. The molecule has 0 aromatic rings. The molecule has 0 radical (unpaired) electrons. The topological polar surface area (TPSA) is 63.3 Å². The molecular weight excluding hydrogens is 142 g/mol. The van der Waals surface area contributed by atoms with Crippen molar-refractivity contribution in [1.29, 1.82) is 0 Å². The Bertz CT molecular complexity index is 187. The van der Waals surface area contributed by atoms with Crippen LogP contribution in [0, 0.1) is 0 Å². The average Bonchev–Trinajstić information content (AvgIpc) is 2.05. The summed E-state index contributed by atoms with van der Waals surface area (Å²) in [5, 5.41) is 8.57. The Balaban J connectivity index is 2.58. The van der Waals surface area contributed by atoms with E-state index < -0.39 is 12.0 Å². The summed E-state index contributed by atoms with van der Waals surface area (Å²) in [6, 6.07) is -0.768. The van der Waals surface area contributed by atoms with Gasteiger partial charge >= 0.3 is 5.97 Å². The highest BCUT2D eigenvalue weighted by Gasteiger charge is 2.17. The Kier molecular flexibility index (Phi) is 2.65. The summed E-state index contributed by atoms with van der Waals surface area (Å²) in [4.78, 5) is 10.4. The fraction of sp³-hybridized carbons (Fsp3) is 0.625. The summed E-state index contributed by atoms with van der Waals surface area (Å²) in [6.07, 6.45) is 6.04. The van der Waals surface area contributed by atoms with Gasteiger partial charge in [-0.3, -0.25) is 4.79 Å². The van der Waals surface area contributed by atoms with Crippen molar-refractivity contribution in [3.8, 4) is 0 Å². The first-order chi connectivity index (χ1) is 5.22. The molecule has 62 valence electrons. The van der Waals surface area contributed by atoms with E-state index in [0.717, 1.165) is 31.3 Å². The summed E-state index contributed by atoms with van der Waals surface area (Å²) in [7, 11) is 0. The third-order valence-corrected chi connectivity index (χ3v) is 1.99. The molecule has 1 atom stereocenters. The van der Waals surface area contributed by atoms with Gasteiger partial charge in [-0.05, 0) is 31.3 Å². The van der Waals surface area contributed by atoms with Crippen molar-refractivity contribution in [2.75, 3.05) is 0 Å². The predicted octanol–water partition coefficient (Wildman–Crippen LogP) is 0.899. The van der Waals surface area contributed by atoms with Gasteiger partial charge in [0.15, 0.2) is 0 Å². The molecule has 0 aromatic heterocycles. The molecule has 0 saturated carbocycles. The van der Waals surface area contributed by atoms with E-state index in [9.17, 15) is 4.79 Å². The molecule has 3 nitrogen and oxygen atoms in total. The fourth-order valence-corrected chi connectivity index (χ4v) is 1.30. The van der Waals surface area contributed by atoms with Gasteiger partial charge in [0.2, 0.25) is 0 Å². The standard InChI is InChI=1S/C8H13NO2/c9-7(8(10)11)6-4-2-1-3-5-6/h4,7H,1-3,5,9H2,(H,10,11)/t7-/m1/s1. The van der Waals surface area contributed by atoms with Gasteiger partial charge in [-0.25, -0.2) is 0 Å². The molecule has 0 amide bonds. The average molecular weight is 155 g/mol. The number of nitrogens with two attached hydrogens (primary N) is 1. The number of hydrogen-bond donors (Lipinski definition) is 2. The molecule has 3 heteroatoms. The van der Waals surface area contributed by atoms with Crippen LogP contribution in [0.15, 0.2) is 11.6 Å². The molecule has 0 aliphatic heterocycles. The third kappa shape index (κ3) is 2.05. The molecule has 0 aromatic carbocycles. The summed E-state index contributed by atoms with van der Waals surface area (Å²) in [5.74, 6) is -0.918. The van der Waals surface area contributed by atoms with Gasteiger partial charge in [-0.2, -0.15) is 0 Å². The van der Waals surface area contributed by atoms with Crippen LogP contribution in [0.3, 0.4) is 0 Å². The van der Waals surface area contributed by atoms with Crippen LogP contribution in [0.5, 0.6) is 0 Å². The van der Waals surface area contributed by atoms with Crippen LogP contribution >= 0.6 is 0 Å². The van der Waals surface area contributed by atoms with E-state index in [1.54, 1.807) is 0 Å². The first-order valence-corrected chi connectivity index (χ1v) is 3.89. The Hall–Kier alpha value is -0.830. The summed E-state index contributed by atoms with van der Waals surface area (Å²) >= 11 is 0. The molecule has 0 fully saturated rings. The first-order valence-electron chi connectivity index (χ1n) is 3.89. The monoisotopic (exact) mass is 155 g/mol. The lowest BCUT2D eigenvalue weighted by atomic mass is 9.94. The smallest absolute Gasteiger partial charge is 0.324 e. The maximum atomic E-state index is 10.4. The second-order valence-corrected chi connectivity index (χ2v) is 2.84. The molecule has 1 rings (SSSR count). The molecule has 0 saturated heterocycles. The Morgan fingerprint density at radius 3 is 2.82 bits per heavy atom. The van der Waals surface area contributed by atoms with E-state index in [-0.39, 0.29) is 0 Å². The van der Waals surface area contributed by atoms with Crippen molar-refractivity contribution in [2.24, 2.45) is 5.73 Å². The highest BCUT2D eigenvalue weighted by Crippen LogP contribution is 2.19. The number of carboxylic acids is 1. The van der Waals surface area contributed by atoms with Crippen LogP contribution in [0.25, 0.3) is 0 Å². The third-order valence-electron chi connectivity index (χ3n) is 1.99. The molecule has 1 aliphatic carbocycles. The first kappa shape index (κ1) is 8.27. The van der Waals surface area contributed by atoms with E-state index in [4.69, 9.17) is 10.8 Å². The molecule has 0 unspecified atom stereocenters. The lowest BCUT2D eigenvalue weighted by Crippen LogP contribution is -2.32. The van der Waals surface area contributed by atoms with Crippen molar-refractivity contribution in [2.45, 2.75) is 31.7 Å². The molecule has 0 spiro atoms. The zero-order valence-electron chi connectivity index (χ0n) is 6.42. The second kappa shape index (κ2) is 3.53. The Labute approximate surface area is 65.9 Å². The van der Waals surface area contributed by atoms with E-state index in [2.05, 4.69) is 0 Å². The number of rotatable bonds is 2.